The Morgan fingerprint density at radius 1 is 1.47 bits per heavy atom. The Morgan fingerprint density at radius 3 is 2.65 bits per heavy atom. The van der Waals surface area contributed by atoms with Crippen LogP contribution in [0.3, 0.4) is 0 Å². The van der Waals surface area contributed by atoms with Crippen molar-refractivity contribution in [2.45, 2.75) is 12.8 Å². The number of hydrogen-bond acceptors (Lipinski definition) is 3. The van der Waals surface area contributed by atoms with Crippen LogP contribution < -0.4 is 0 Å². The van der Waals surface area contributed by atoms with E-state index in [2.05, 4.69) is 0 Å². The third-order valence-electron chi connectivity index (χ3n) is 2.38. The van der Waals surface area contributed by atoms with Crippen molar-refractivity contribution in [3.63, 3.8) is 0 Å². The lowest BCUT2D eigenvalue weighted by Gasteiger charge is -2.10. The van der Waals surface area contributed by atoms with Gasteiger partial charge >= 0.3 is 0 Å². The maximum absolute atomic E-state index is 13.4. The average molecular weight is 240 g/mol. The lowest BCUT2D eigenvalue weighted by molar-refractivity contribution is -0.385. The molecule has 1 amide bonds. The first-order valence-electron chi connectivity index (χ1n) is 5.05. The first-order valence-corrected chi connectivity index (χ1v) is 5.05. The molecule has 0 bridgehead atoms. The van der Waals surface area contributed by atoms with Crippen molar-refractivity contribution in [1.29, 1.82) is 0 Å². The van der Waals surface area contributed by atoms with Crippen molar-refractivity contribution in [2.24, 2.45) is 0 Å². The van der Waals surface area contributed by atoms with Gasteiger partial charge in [0.05, 0.1) is 10.5 Å². The second-order valence-corrected chi connectivity index (χ2v) is 3.78. The number of nitrogens with zero attached hydrogens (tertiary/aromatic N) is 2. The van der Waals surface area contributed by atoms with Crippen molar-refractivity contribution < 1.29 is 14.1 Å². The highest BCUT2D eigenvalue weighted by Crippen LogP contribution is 2.22. The lowest BCUT2D eigenvalue weighted by Crippen LogP contribution is -2.22. The van der Waals surface area contributed by atoms with Gasteiger partial charge in [-0.05, 0) is 12.5 Å². The number of carbonyl (C=O) groups excluding carboxylic acids is 1. The molecule has 0 spiro atoms. The second kappa shape index (κ2) is 5.38. The number of halogens is 1. The van der Waals surface area contributed by atoms with Crippen LogP contribution in [0, 0.1) is 15.9 Å². The van der Waals surface area contributed by atoms with E-state index in [4.69, 9.17) is 0 Å². The quantitative estimate of drug-likeness (QED) is 0.595. The minimum absolute atomic E-state index is 0.0206. The van der Waals surface area contributed by atoms with Crippen LogP contribution in [0.1, 0.15) is 12.0 Å². The summed E-state index contributed by atoms with van der Waals surface area (Å²) in [6.45, 7) is 0. The summed E-state index contributed by atoms with van der Waals surface area (Å²) in [5.74, 6) is -0.840. The predicted molar refractivity (Wildman–Crippen MR) is 60.1 cm³/mol. The molecule has 0 radical (unpaired) electrons. The summed E-state index contributed by atoms with van der Waals surface area (Å²) in [7, 11) is 3.16. The van der Waals surface area contributed by atoms with E-state index in [0.29, 0.717) is 0 Å². The maximum atomic E-state index is 13.4. The van der Waals surface area contributed by atoms with Crippen LogP contribution in [0.15, 0.2) is 18.2 Å². The van der Waals surface area contributed by atoms with Crippen molar-refractivity contribution in [1.82, 2.24) is 4.90 Å². The Hall–Kier alpha value is -1.98. The number of benzene rings is 1. The van der Waals surface area contributed by atoms with Gasteiger partial charge in [-0.25, -0.2) is 4.39 Å². The maximum Gasteiger partial charge on any atom is 0.275 e. The van der Waals surface area contributed by atoms with Crippen molar-refractivity contribution in [3.05, 3.63) is 39.7 Å². The lowest BCUT2D eigenvalue weighted by atomic mass is 10.1. The Balaban J connectivity index is 2.90. The third-order valence-corrected chi connectivity index (χ3v) is 2.38. The fourth-order valence-corrected chi connectivity index (χ4v) is 1.42. The molecule has 17 heavy (non-hydrogen) atoms. The van der Waals surface area contributed by atoms with Crippen LogP contribution in [-0.2, 0) is 11.2 Å². The largest absolute Gasteiger partial charge is 0.349 e. The Bertz CT molecular complexity index is 446. The molecule has 0 aliphatic rings. The van der Waals surface area contributed by atoms with Gasteiger partial charge in [0.25, 0.3) is 5.69 Å². The molecule has 92 valence electrons. The molecule has 5 nitrogen and oxygen atoms in total. The summed E-state index contributed by atoms with van der Waals surface area (Å²) in [4.78, 5) is 22.8. The van der Waals surface area contributed by atoms with Gasteiger partial charge in [0.2, 0.25) is 5.91 Å². The summed E-state index contributed by atoms with van der Waals surface area (Å²) < 4.78 is 13.4. The van der Waals surface area contributed by atoms with Gasteiger partial charge in [-0.15, -0.1) is 0 Å². The monoisotopic (exact) mass is 240 g/mol. The molecule has 1 aromatic rings. The smallest absolute Gasteiger partial charge is 0.275 e. The standard InChI is InChI=1S/C11H13FN2O3/c1-13(2)11(15)7-6-8-9(12)4-3-5-10(8)14(16)17/h3-5H,6-7H2,1-2H3. The van der Waals surface area contributed by atoms with E-state index in [1.165, 1.54) is 17.0 Å². The van der Waals surface area contributed by atoms with E-state index in [1.54, 1.807) is 14.1 Å². The molecular formula is C11H13FN2O3. The van der Waals surface area contributed by atoms with Gasteiger partial charge in [0.15, 0.2) is 0 Å². The SMILES string of the molecule is CN(C)C(=O)CCc1c(F)cccc1[N+](=O)[O-]. The number of carbonyl (C=O) groups is 1. The molecule has 0 N–H and O–H groups in total. The van der Waals surface area contributed by atoms with Crippen LogP contribution >= 0.6 is 0 Å². The van der Waals surface area contributed by atoms with Gasteiger partial charge in [0.1, 0.15) is 5.82 Å². The van der Waals surface area contributed by atoms with E-state index in [-0.39, 0.29) is 30.0 Å². The molecule has 0 saturated carbocycles. The Labute approximate surface area is 98.0 Å². The van der Waals surface area contributed by atoms with Crippen LogP contribution in [0.5, 0.6) is 0 Å². The highest BCUT2D eigenvalue weighted by Gasteiger charge is 2.18. The molecule has 0 aliphatic heterocycles. The Kier molecular flexibility index (Phi) is 4.14. The minimum atomic E-state index is -0.647. The van der Waals surface area contributed by atoms with Crippen molar-refractivity contribution in [3.8, 4) is 0 Å². The molecule has 0 saturated heterocycles. The first-order chi connectivity index (χ1) is 7.93. The third kappa shape index (κ3) is 3.24. The summed E-state index contributed by atoms with van der Waals surface area (Å²) in [5.41, 5.74) is -0.302. The highest BCUT2D eigenvalue weighted by molar-refractivity contribution is 5.76. The van der Waals surface area contributed by atoms with Crippen molar-refractivity contribution in [2.75, 3.05) is 14.1 Å². The van der Waals surface area contributed by atoms with Crippen molar-refractivity contribution >= 4 is 11.6 Å². The first kappa shape index (κ1) is 13.1. The van der Waals surface area contributed by atoms with Crippen LogP contribution in [0.2, 0.25) is 0 Å². The number of nitro benzene ring substituents is 1. The molecule has 0 aromatic heterocycles. The van der Waals surface area contributed by atoms with Gasteiger partial charge in [0, 0.05) is 26.6 Å². The molecule has 0 unspecified atom stereocenters. The molecule has 0 atom stereocenters. The molecule has 0 heterocycles. The minimum Gasteiger partial charge on any atom is -0.349 e. The second-order valence-electron chi connectivity index (χ2n) is 3.78. The number of hydrogen-bond donors (Lipinski definition) is 0. The van der Waals surface area contributed by atoms with Crippen LogP contribution in [-0.4, -0.2) is 29.8 Å². The molecule has 0 aliphatic carbocycles. The highest BCUT2D eigenvalue weighted by atomic mass is 19.1. The van der Waals surface area contributed by atoms with E-state index in [1.807, 2.05) is 0 Å². The number of rotatable bonds is 4. The fourth-order valence-electron chi connectivity index (χ4n) is 1.42. The molecule has 1 rings (SSSR count). The Morgan fingerprint density at radius 2 is 2.12 bits per heavy atom. The van der Waals surface area contributed by atoms with Gasteiger partial charge in [-0.2, -0.15) is 0 Å². The predicted octanol–water partition coefficient (Wildman–Crippen LogP) is 1.75. The summed E-state index contributed by atoms with van der Waals surface area (Å²) in [5, 5.41) is 10.7. The van der Waals surface area contributed by atoms with E-state index < -0.39 is 10.7 Å². The molecule has 1 aromatic carbocycles. The molecule has 6 heteroatoms. The zero-order valence-electron chi connectivity index (χ0n) is 9.64. The zero-order chi connectivity index (χ0) is 13.0. The molecular weight excluding hydrogens is 227 g/mol. The van der Waals surface area contributed by atoms with Gasteiger partial charge in [-0.3, -0.25) is 14.9 Å². The normalized spacial score (nSPS) is 10.1. The van der Waals surface area contributed by atoms with Crippen LogP contribution in [0.25, 0.3) is 0 Å². The van der Waals surface area contributed by atoms with E-state index in [0.717, 1.165) is 6.07 Å². The van der Waals surface area contributed by atoms with Gasteiger partial charge < -0.3 is 4.90 Å². The average Bonchev–Trinajstić information content (AvgIpc) is 2.26. The zero-order valence-corrected chi connectivity index (χ0v) is 9.64. The number of amides is 1. The van der Waals surface area contributed by atoms with E-state index in [9.17, 15) is 19.3 Å². The molecule has 0 fully saturated rings. The summed E-state index contributed by atoms with van der Waals surface area (Å²) in [6, 6.07) is 3.67. The fraction of sp³-hybridized carbons (Fsp3) is 0.364. The van der Waals surface area contributed by atoms with Crippen LogP contribution in [0.4, 0.5) is 10.1 Å². The number of nitro groups is 1. The topological polar surface area (TPSA) is 63.5 Å². The summed E-state index contributed by atoms with van der Waals surface area (Å²) in [6.07, 6.45) is 0.0781. The van der Waals surface area contributed by atoms with Gasteiger partial charge in [-0.1, -0.05) is 6.07 Å². The van der Waals surface area contributed by atoms with E-state index >= 15 is 0 Å². The summed E-state index contributed by atoms with van der Waals surface area (Å²) >= 11 is 0.